The molecular formula is C25H34N4O4S. The average Bonchev–Trinajstić information content (AvgIpc) is 3.35. The molecule has 2 amide bonds. The van der Waals surface area contributed by atoms with Gasteiger partial charge in [-0.05, 0) is 61.8 Å². The molecule has 1 aromatic carbocycles. The first-order valence-corrected chi connectivity index (χ1v) is 13.6. The van der Waals surface area contributed by atoms with Crippen molar-refractivity contribution in [3.05, 3.63) is 47.8 Å². The summed E-state index contributed by atoms with van der Waals surface area (Å²) < 4.78 is 28.0. The Morgan fingerprint density at radius 1 is 1.12 bits per heavy atom. The SMILES string of the molecule is CCc1cccc(NC(=O)[C@@H]2CCCN(S(=O)(=O)c3c[nH]c(C(=O)N4CCC(C)CC4)c3)C2)c1. The van der Waals surface area contributed by atoms with Gasteiger partial charge in [0.05, 0.1) is 5.92 Å². The standard InChI is InChI=1S/C25H34N4O4S/c1-3-19-6-4-8-21(14-19)27-24(30)20-7-5-11-29(17-20)34(32,33)22-15-23(26-16-22)25(31)28-12-9-18(2)10-13-28/h4,6,8,14-16,18,20,26H,3,5,7,9-13,17H2,1-2H3,(H,27,30)/t20-/m1/s1. The summed E-state index contributed by atoms with van der Waals surface area (Å²) in [4.78, 5) is 30.4. The third-order valence-corrected chi connectivity index (χ3v) is 8.80. The van der Waals surface area contributed by atoms with Crippen molar-refractivity contribution in [2.75, 3.05) is 31.5 Å². The van der Waals surface area contributed by atoms with Gasteiger partial charge in [-0.15, -0.1) is 0 Å². The van der Waals surface area contributed by atoms with Crippen LogP contribution in [0.2, 0.25) is 0 Å². The van der Waals surface area contributed by atoms with Gasteiger partial charge in [-0.2, -0.15) is 4.31 Å². The monoisotopic (exact) mass is 486 g/mol. The zero-order valence-electron chi connectivity index (χ0n) is 19.9. The number of hydrogen-bond acceptors (Lipinski definition) is 4. The van der Waals surface area contributed by atoms with Gasteiger partial charge >= 0.3 is 0 Å². The molecule has 0 radical (unpaired) electrons. The van der Waals surface area contributed by atoms with Crippen molar-refractivity contribution < 1.29 is 18.0 Å². The van der Waals surface area contributed by atoms with Gasteiger partial charge in [-0.1, -0.05) is 26.0 Å². The topological polar surface area (TPSA) is 103 Å². The molecule has 0 unspecified atom stereocenters. The summed E-state index contributed by atoms with van der Waals surface area (Å²) in [6.45, 7) is 6.08. The van der Waals surface area contributed by atoms with E-state index in [1.54, 1.807) is 4.90 Å². The maximum atomic E-state index is 13.3. The second-order valence-corrected chi connectivity index (χ2v) is 11.4. The average molecular weight is 487 g/mol. The van der Waals surface area contributed by atoms with Crippen LogP contribution >= 0.6 is 0 Å². The van der Waals surface area contributed by atoms with Crippen LogP contribution in [0.5, 0.6) is 0 Å². The molecule has 2 aliphatic rings. The fraction of sp³-hybridized carbons (Fsp3) is 0.520. The number of aryl methyl sites for hydroxylation is 1. The van der Waals surface area contributed by atoms with Crippen LogP contribution in [0.4, 0.5) is 5.69 Å². The van der Waals surface area contributed by atoms with Crippen LogP contribution in [0.15, 0.2) is 41.4 Å². The van der Waals surface area contributed by atoms with Crippen LogP contribution in [0.3, 0.4) is 0 Å². The Hall–Kier alpha value is -2.65. The number of piperidine rings is 2. The predicted molar refractivity (Wildman–Crippen MR) is 131 cm³/mol. The molecule has 2 saturated heterocycles. The van der Waals surface area contributed by atoms with Crippen LogP contribution < -0.4 is 5.32 Å². The quantitative estimate of drug-likeness (QED) is 0.652. The lowest BCUT2D eigenvalue weighted by molar-refractivity contribution is -0.120. The minimum atomic E-state index is -3.81. The van der Waals surface area contributed by atoms with E-state index >= 15 is 0 Å². The third kappa shape index (κ3) is 5.36. The molecule has 0 spiro atoms. The minimum absolute atomic E-state index is 0.0675. The second-order valence-electron chi connectivity index (χ2n) is 9.47. The number of aromatic amines is 1. The highest BCUT2D eigenvalue weighted by atomic mass is 32.2. The van der Waals surface area contributed by atoms with E-state index in [2.05, 4.69) is 24.1 Å². The van der Waals surface area contributed by atoms with Crippen molar-refractivity contribution in [3.63, 3.8) is 0 Å². The number of H-pyrrole nitrogens is 1. The first-order chi connectivity index (χ1) is 16.3. The summed E-state index contributed by atoms with van der Waals surface area (Å²) in [5.41, 5.74) is 2.14. The van der Waals surface area contributed by atoms with Crippen molar-refractivity contribution in [1.29, 1.82) is 0 Å². The van der Waals surface area contributed by atoms with Crippen LogP contribution in [0, 0.1) is 11.8 Å². The van der Waals surface area contributed by atoms with Crippen molar-refractivity contribution in [2.45, 2.75) is 50.8 Å². The summed E-state index contributed by atoms with van der Waals surface area (Å²) in [5, 5.41) is 2.94. The number of carbonyl (C=O) groups is 2. The van der Waals surface area contributed by atoms with E-state index in [0.717, 1.165) is 30.5 Å². The summed E-state index contributed by atoms with van der Waals surface area (Å²) in [5.74, 6) is -0.163. The zero-order chi connectivity index (χ0) is 24.3. The molecule has 2 aromatic rings. The largest absolute Gasteiger partial charge is 0.356 e. The van der Waals surface area contributed by atoms with Gasteiger partial charge in [-0.25, -0.2) is 8.42 Å². The number of carbonyl (C=O) groups excluding carboxylic acids is 2. The van der Waals surface area contributed by atoms with Crippen LogP contribution in [-0.2, 0) is 21.2 Å². The molecule has 0 aliphatic carbocycles. The summed E-state index contributed by atoms with van der Waals surface area (Å²) in [6.07, 6.45) is 5.41. The first-order valence-electron chi connectivity index (χ1n) is 12.2. The van der Waals surface area contributed by atoms with Gasteiger partial charge < -0.3 is 15.2 Å². The Balaban J connectivity index is 1.42. The molecule has 2 N–H and O–H groups in total. The molecule has 0 saturated carbocycles. The number of hydrogen-bond donors (Lipinski definition) is 2. The molecule has 2 aliphatic heterocycles. The Bertz CT molecular complexity index is 1140. The highest BCUT2D eigenvalue weighted by molar-refractivity contribution is 7.89. The molecule has 2 fully saturated rings. The number of rotatable bonds is 6. The normalized spacial score (nSPS) is 20.3. The summed E-state index contributed by atoms with van der Waals surface area (Å²) in [7, 11) is -3.81. The van der Waals surface area contributed by atoms with Crippen molar-refractivity contribution in [2.24, 2.45) is 11.8 Å². The van der Waals surface area contributed by atoms with Gasteiger partial charge in [0.2, 0.25) is 15.9 Å². The minimum Gasteiger partial charge on any atom is -0.356 e. The number of nitrogens with zero attached hydrogens (tertiary/aromatic N) is 2. The molecule has 4 rings (SSSR count). The molecule has 1 atom stereocenters. The van der Waals surface area contributed by atoms with E-state index in [-0.39, 0.29) is 28.9 Å². The van der Waals surface area contributed by atoms with E-state index in [9.17, 15) is 18.0 Å². The lowest BCUT2D eigenvalue weighted by atomic mass is 9.98. The Kier molecular flexibility index (Phi) is 7.42. The fourth-order valence-corrected chi connectivity index (χ4v) is 6.18. The fourth-order valence-electron chi connectivity index (χ4n) is 4.67. The second kappa shape index (κ2) is 10.3. The number of nitrogens with one attached hydrogen (secondary N) is 2. The lowest BCUT2D eigenvalue weighted by Gasteiger charge is -2.31. The third-order valence-electron chi connectivity index (χ3n) is 6.95. The molecule has 0 bridgehead atoms. The maximum absolute atomic E-state index is 13.3. The molecule has 8 nitrogen and oxygen atoms in total. The molecule has 1 aromatic heterocycles. The summed E-state index contributed by atoms with van der Waals surface area (Å²) in [6, 6.07) is 9.12. The number of aromatic nitrogens is 1. The Labute approximate surface area is 201 Å². The van der Waals surface area contributed by atoms with Gasteiger partial charge in [0.1, 0.15) is 10.6 Å². The predicted octanol–water partition coefficient (Wildman–Crippen LogP) is 3.49. The Morgan fingerprint density at radius 3 is 2.62 bits per heavy atom. The number of anilines is 1. The van der Waals surface area contributed by atoms with E-state index in [1.807, 2.05) is 24.3 Å². The zero-order valence-corrected chi connectivity index (χ0v) is 20.7. The van der Waals surface area contributed by atoms with Crippen LogP contribution in [0.1, 0.15) is 55.6 Å². The van der Waals surface area contributed by atoms with Gasteiger partial charge in [0, 0.05) is 38.1 Å². The van der Waals surface area contributed by atoms with Crippen molar-refractivity contribution in [3.8, 4) is 0 Å². The molecule has 34 heavy (non-hydrogen) atoms. The van der Waals surface area contributed by atoms with Gasteiger partial charge in [0.25, 0.3) is 5.91 Å². The highest BCUT2D eigenvalue weighted by Crippen LogP contribution is 2.26. The summed E-state index contributed by atoms with van der Waals surface area (Å²) >= 11 is 0. The maximum Gasteiger partial charge on any atom is 0.270 e. The lowest BCUT2D eigenvalue weighted by Crippen LogP contribution is -2.43. The number of sulfonamides is 1. The van der Waals surface area contributed by atoms with Crippen molar-refractivity contribution >= 4 is 27.5 Å². The van der Waals surface area contributed by atoms with Crippen molar-refractivity contribution in [1.82, 2.24) is 14.2 Å². The highest BCUT2D eigenvalue weighted by Gasteiger charge is 2.34. The molecule has 184 valence electrons. The van der Waals surface area contributed by atoms with Crippen LogP contribution in [-0.4, -0.2) is 60.6 Å². The van der Waals surface area contributed by atoms with E-state index in [0.29, 0.717) is 38.4 Å². The number of likely N-dealkylation sites (tertiary alicyclic amines) is 1. The number of amides is 2. The Morgan fingerprint density at radius 2 is 1.88 bits per heavy atom. The van der Waals surface area contributed by atoms with Gasteiger partial charge in [-0.3, -0.25) is 9.59 Å². The molecule has 3 heterocycles. The first kappa shape index (κ1) is 24.5. The molecule has 9 heteroatoms. The number of benzene rings is 1. The van der Waals surface area contributed by atoms with E-state index in [1.165, 1.54) is 16.6 Å². The van der Waals surface area contributed by atoms with E-state index in [4.69, 9.17) is 0 Å². The van der Waals surface area contributed by atoms with Crippen LogP contribution in [0.25, 0.3) is 0 Å². The smallest absolute Gasteiger partial charge is 0.270 e. The molecular weight excluding hydrogens is 452 g/mol. The van der Waals surface area contributed by atoms with Gasteiger partial charge in [0.15, 0.2) is 0 Å². The van der Waals surface area contributed by atoms with E-state index < -0.39 is 15.9 Å².